The van der Waals surface area contributed by atoms with E-state index in [-0.39, 0.29) is 0 Å². The van der Waals surface area contributed by atoms with Crippen LogP contribution in [-0.2, 0) is 0 Å². The number of rotatable bonds is 1. The quantitative estimate of drug-likeness (QED) is 0.421. The Morgan fingerprint density at radius 1 is 0.833 bits per heavy atom. The fourth-order valence-corrected chi connectivity index (χ4v) is 0.157. The third kappa shape index (κ3) is 3.48. The van der Waals surface area contributed by atoms with E-state index in [0.717, 1.165) is 0 Å². The Morgan fingerprint density at radius 3 is 1.33 bits per heavy atom. The molecule has 0 heterocycles. The highest BCUT2D eigenvalue weighted by molar-refractivity contribution is 5.04. The van der Waals surface area contributed by atoms with E-state index in [9.17, 15) is 0 Å². The van der Waals surface area contributed by atoms with Crippen molar-refractivity contribution in [2.45, 2.75) is 0 Å². The minimum atomic E-state index is 1.71. The Labute approximate surface area is 39.2 Å². The van der Waals surface area contributed by atoms with Crippen LogP contribution in [0.1, 0.15) is 0 Å². The van der Waals surface area contributed by atoms with Crippen LogP contribution in [0.3, 0.4) is 0 Å². The second-order valence-electron chi connectivity index (χ2n) is 0.856. The van der Waals surface area contributed by atoms with Gasteiger partial charge in [0.15, 0.2) is 0 Å². The van der Waals surface area contributed by atoms with Crippen molar-refractivity contribution < 1.29 is 0 Å². The van der Waals surface area contributed by atoms with E-state index in [1.165, 1.54) is 0 Å². The van der Waals surface area contributed by atoms with E-state index >= 15 is 0 Å². The predicted octanol–water partition coefficient (Wildman–Crippen LogP) is 1.77. The van der Waals surface area contributed by atoms with Gasteiger partial charge >= 0.3 is 0 Å². The summed E-state index contributed by atoms with van der Waals surface area (Å²) in [5.41, 5.74) is 0. The molecule has 0 bridgehead atoms. The second kappa shape index (κ2) is 4.48. The van der Waals surface area contributed by atoms with E-state index in [2.05, 4.69) is 13.8 Å². The highest BCUT2D eigenvalue weighted by Crippen LogP contribution is 1.70. The average Bonchev–Trinajstić information content (AvgIpc) is 1.61. The van der Waals surface area contributed by atoms with Crippen LogP contribution in [-0.4, -0.2) is 0 Å². The highest BCUT2D eigenvalue weighted by atomic mass is 13.6. The maximum Gasteiger partial charge on any atom is -0.0313 e. The van der Waals surface area contributed by atoms with Crippen LogP contribution in [0.2, 0.25) is 0 Å². The fourth-order valence-electron chi connectivity index (χ4n) is 0.157. The molecule has 0 aromatic rings. The van der Waals surface area contributed by atoms with E-state index in [1.807, 2.05) is 12.2 Å². The second-order valence-corrected chi connectivity index (χ2v) is 0.856. The molecule has 0 N–H and O–H groups in total. The molecule has 2 radical (unpaired) electrons. The van der Waals surface area contributed by atoms with E-state index in [1.54, 1.807) is 12.2 Å². The van der Waals surface area contributed by atoms with E-state index < -0.39 is 0 Å². The smallest absolute Gasteiger partial charge is 0.0313 e. The van der Waals surface area contributed by atoms with E-state index in [4.69, 9.17) is 0 Å². The predicted molar refractivity (Wildman–Crippen MR) is 29.0 cm³/mol. The molecule has 0 aromatic carbocycles. The van der Waals surface area contributed by atoms with Crippen LogP contribution < -0.4 is 0 Å². The molecule has 0 saturated carbocycles. The average molecular weight is 80.1 g/mol. The molecule has 0 fully saturated rings. The van der Waals surface area contributed by atoms with Gasteiger partial charge in [-0.1, -0.05) is 24.3 Å². The maximum absolute atomic E-state index is 3.46. The molecule has 0 aromatic heterocycles. The van der Waals surface area contributed by atoms with Crippen molar-refractivity contribution in [1.29, 1.82) is 0 Å². The molecule has 0 aliphatic heterocycles. The normalized spacial score (nSPS) is 11.7. The summed E-state index contributed by atoms with van der Waals surface area (Å²) >= 11 is 0. The molecule has 0 saturated heterocycles. The van der Waals surface area contributed by atoms with Gasteiger partial charge < -0.3 is 0 Å². The minimum absolute atomic E-state index is 1.71. The molecule has 0 heteroatoms. The molecule has 0 rings (SSSR count). The van der Waals surface area contributed by atoms with Gasteiger partial charge in [0.2, 0.25) is 0 Å². The van der Waals surface area contributed by atoms with Crippen molar-refractivity contribution in [2.75, 3.05) is 0 Å². The summed E-state index contributed by atoms with van der Waals surface area (Å²) in [6.45, 7) is 6.93. The number of allylic oxidation sites excluding steroid dienone is 4. The zero-order valence-electron chi connectivity index (χ0n) is 3.72. The molecule has 0 aliphatic carbocycles. The molecule has 0 amide bonds. The Balaban J connectivity index is 3.07. The molecular formula is C6H8. The third-order valence-corrected chi connectivity index (χ3v) is 0.383. The van der Waals surface area contributed by atoms with Crippen LogP contribution >= 0.6 is 0 Å². The minimum Gasteiger partial charge on any atom is -0.0842 e. The first-order valence-corrected chi connectivity index (χ1v) is 1.82. The van der Waals surface area contributed by atoms with Crippen LogP contribution in [0.4, 0.5) is 0 Å². The van der Waals surface area contributed by atoms with Crippen molar-refractivity contribution in [3.8, 4) is 0 Å². The summed E-state index contributed by atoms with van der Waals surface area (Å²) in [7, 11) is 0. The zero-order valence-corrected chi connectivity index (χ0v) is 3.72. The van der Waals surface area contributed by atoms with Crippen LogP contribution in [0.5, 0.6) is 0 Å². The van der Waals surface area contributed by atoms with Gasteiger partial charge in [0, 0.05) is 0 Å². The van der Waals surface area contributed by atoms with Gasteiger partial charge in [0.05, 0.1) is 0 Å². The molecule has 0 aliphatic rings. The van der Waals surface area contributed by atoms with Crippen LogP contribution in [0.25, 0.3) is 0 Å². The van der Waals surface area contributed by atoms with E-state index in [0.29, 0.717) is 0 Å². The molecule has 0 nitrogen and oxygen atoms in total. The lowest BCUT2D eigenvalue weighted by Crippen LogP contribution is -1.41. The molecule has 0 spiro atoms. The maximum atomic E-state index is 3.46. The standard InChI is InChI=1S/C6H8/c1-3-5-6-4-2/h3-6H,1-2H2/b5-3+,6-4+. The lowest BCUT2D eigenvalue weighted by atomic mass is 10.5. The van der Waals surface area contributed by atoms with Crippen molar-refractivity contribution in [2.24, 2.45) is 0 Å². The Kier molecular flexibility index (Phi) is 4.09. The first-order valence-electron chi connectivity index (χ1n) is 1.82. The lowest BCUT2D eigenvalue weighted by molar-refractivity contribution is 1.92. The Hall–Kier alpha value is -0.520. The van der Waals surface area contributed by atoms with Gasteiger partial charge in [-0.2, -0.15) is 0 Å². The summed E-state index contributed by atoms with van der Waals surface area (Å²) in [4.78, 5) is 0. The number of hydrogen-bond donors (Lipinski definition) is 0. The molecule has 0 atom stereocenters. The Bertz CT molecular complexity index is 48.4. The molecule has 32 valence electrons. The summed E-state index contributed by atoms with van der Waals surface area (Å²) in [5, 5.41) is 0. The molecule has 0 unspecified atom stereocenters. The van der Waals surface area contributed by atoms with Gasteiger partial charge in [0.25, 0.3) is 0 Å². The van der Waals surface area contributed by atoms with Gasteiger partial charge in [-0.05, 0) is 13.8 Å². The first-order chi connectivity index (χ1) is 2.91. The van der Waals surface area contributed by atoms with Gasteiger partial charge in [-0.15, -0.1) is 0 Å². The SMILES string of the molecule is [CH2]/C=C/C=C/[CH2]. The summed E-state index contributed by atoms with van der Waals surface area (Å²) in [6, 6.07) is 0. The summed E-state index contributed by atoms with van der Waals surface area (Å²) in [6.07, 6.45) is 7.07. The van der Waals surface area contributed by atoms with Gasteiger partial charge in [-0.3, -0.25) is 0 Å². The largest absolute Gasteiger partial charge is 0.0842 e. The summed E-state index contributed by atoms with van der Waals surface area (Å²) < 4.78 is 0. The third-order valence-electron chi connectivity index (χ3n) is 0.383. The lowest BCUT2D eigenvalue weighted by Gasteiger charge is -1.62. The fraction of sp³-hybridized carbons (Fsp3) is 0. The van der Waals surface area contributed by atoms with Crippen molar-refractivity contribution in [1.82, 2.24) is 0 Å². The van der Waals surface area contributed by atoms with Crippen LogP contribution in [0.15, 0.2) is 24.3 Å². The van der Waals surface area contributed by atoms with Gasteiger partial charge in [-0.25, -0.2) is 0 Å². The van der Waals surface area contributed by atoms with Crippen molar-refractivity contribution in [3.63, 3.8) is 0 Å². The van der Waals surface area contributed by atoms with Crippen LogP contribution in [0, 0.1) is 13.8 Å². The molecule has 6 heavy (non-hydrogen) atoms. The Morgan fingerprint density at radius 2 is 1.17 bits per heavy atom. The zero-order chi connectivity index (χ0) is 4.83. The first kappa shape index (κ1) is 5.48. The van der Waals surface area contributed by atoms with Crippen molar-refractivity contribution >= 4 is 0 Å². The topological polar surface area (TPSA) is 0 Å². The number of hydrogen-bond acceptors (Lipinski definition) is 0. The van der Waals surface area contributed by atoms with Gasteiger partial charge in [0.1, 0.15) is 0 Å². The highest BCUT2D eigenvalue weighted by Gasteiger charge is 1.49. The van der Waals surface area contributed by atoms with Crippen molar-refractivity contribution in [3.05, 3.63) is 38.2 Å². The monoisotopic (exact) mass is 80.1 g/mol. The molecular weight excluding hydrogens is 72.1 g/mol. The summed E-state index contributed by atoms with van der Waals surface area (Å²) in [5.74, 6) is 0.